The Labute approximate surface area is 125 Å². The second-order valence-corrected chi connectivity index (χ2v) is 5.83. The molecule has 2 aliphatic heterocycles. The Morgan fingerprint density at radius 3 is 2.48 bits per heavy atom. The van der Waals surface area contributed by atoms with E-state index in [9.17, 15) is 4.79 Å². The number of rotatable bonds is 4. The first-order valence-corrected chi connectivity index (χ1v) is 7.71. The van der Waals surface area contributed by atoms with E-state index in [4.69, 9.17) is 10.5 Å². The highest BCUT2D eigenvalue weighted by Gasteiger charge is 2.22. The van der Waals surface area contributed by atoms with Gasteiger partial charge in [0.2, 0.25) is 5.91 Å². The fourth-order valence-electron chi connectivity index (χ4n) is 3.10. The van der Waals surface area contributed by atoms with E-state index in [0.717, 1.165) is 45.0 Å². The van der Waals surface area contributed by atoms with Gasteiger partial charge < -0.3 is 15.4 Å². The second-order valence-electron chi connectivity index (χ2n) is 5.83. The molecule has 0 aliphatic carbocycles. The number of ether oxygens (including phenoxy) is 1. The van der Waals surface area contributed by atoms with Crippen LogP contribution in [-0.2, 0) is 4.74 Å². The predicted molar refractivity (Wildman–Crippen MR) is 82.6 cm³/mol. The molecule has 0 spiro atoms. The molecule has 2 heterocycles. The zero-order chi connectivity index (χ0) is 14.7. The summed E-state index contributed by atoms with van der Waals surface area (Å²) in [5.74, 6) is -0.372. The SMILES string of the molecule is NC(=O)c1ccc(N2CCN(C[C@@H]3CCCO3)CC2)cc1. The first-order chi connectivity index (χ1) is 10.2. The highest BCUT2D eigenvalue weighted by molar-refractivity contribution is 5.93. The number of nitrogens with two attached hydrogens (primary N) is 1. The lowest BCUT2D eigenvalue weighted by Crippen LogP contribution is -2.48. The average Bonchev–Trinajstić information content (AvgIpc) is 3.01. The van der Waals surface area contributed by atoms with Crippen LogP contribution in [0.2, 0.25) is 0 Å². The Kier molecular flexibility index (Phi) is 4.41. The second kappa shape index (κ2) is 6.45. The van der Waals surface area contributed by atoms with Gasteiger partial charge in [0, 0.05) is 50.6 Å². The summed E-state index contributed by atoms with van der Waals surface area (Å²) in [6.45, 7) is 6.16. The lowest BCUT2D eigenvalue weighted by atomic mass is 10.1. The van der Waals surface area contributed by atoms with Gasteiger partial charge in [0.25, 0.3) is 0 Å². The van der Waals surface area contributed by atoms with E-state index in [1.807, 2.05) is 12.1 Å². The molecule has 5 nitrogen and oxygen atoms in total. The summed E-state index contributed by atoms with van der Waals surface area (Å²) in [5, 5.41) is 0. The number of hydrogen-bond donors (Lipinski definition) is 1. The monoisotopic (exact) mass is 289 g/mol. The normalized spacial score (nSPS) is 23.4. The van der Waals surface area contributed by atoms with Crippen molar-refractivity contribution in [3.8, 4) is 0 Å². The van der Waals surface area contributed by atoms with E-state index in [1.165, 1.54) is 12.8 Å². The first kappa shape index (κ1) is 14.4. The quantitative estimate of drug-likeness (QED) is 0.901. The molecular weight excluding hydrogens is 266 g/mol. The molecule has 0 saturated carbocycles. The van der Waals surface area contributed by atoms with Crippen molar-refractivity contribution in [2.45, 2.75) is 18.9 Å². The summed E-state index contributed by atoms with van der Waals surface area (Å²) < 4.78 is 5.70. The minimum atomic E-state index is -0.372. The molecule has 0 unspecified atom stereocenters. The van der Waals surface area contributed by atoms with Crippen LogP contribution in [0.15, 0.2) is 24.3 Å². The molecule has 2 fully saturated rings. The molecule has 2 aliphatic rings. The van der Waals surface area contributed by atoms with Crippen molar-refractivity contribution in [1.29, 1.82) is 0 Å². The van der Waals surface area contributed by atoms with Crippen molar-refractivity contribution in [3.05, 3.63) is 29.8 Å². The zero-order valence-electron chi connectivity index (χ0n) is 12.3. The molecule has 1 aromatic carbocycles. The number of amides is 1. The molecule has 1 amide bonds. The van der Waals surface area contributed by atoms with E-state index >= 15 is 0 Å². The largest absolute Gasteiger partial charge is 0.377 e. The Hall–Kier alpha value is -1.59. The number of hydrogen-bond acceptors (Lipinski definition) is 4. The van der Waals surface area contributed by atoms with E-state index in [1.54, 1.807) is 12.1 Å². The van der Waals surface area contributed by atoms with Gasteiger partial charge >= 0.3 is 0 Å². The molecule has 5 heteroatoms. The smallest absolute Gasteiger partial charge is 0.248 e. The fourth-order valence-corrected chi connectivity index (χ4v) is 3.10. The van der Waals surface area contributed by atoms with Crippen molar-refractivity contribution < 1.29 is 9.53 Å². The van der Waals surface area contributed by atoms with Gasteiger partial charge in [-0.25, -0.2) is 0 Å². The van der Waals surface area contributed by atoms with Crippen molar-refractivity contribution in [2.24, 2.45) is 5.73 Å². The predicted octanol–water partition coefficient (Wildman–Crippen LogP) is 1.09. The van der Waals surface area contributed by atoms with Crippen LogP contribution in [0.1, 0.15) is 23.2 Å². The van der Waals surface area contributed by atoms with Crippen LogP contribution in [0.5, 0.6) is 0 Å². The van der Waals surface area contributed by atoms with Gasteiger partial charge in [0.15, 0.2) is 0 Å². The molecule has 0 aromatic heterocycles. The molecule has 1 atom stereocenters. The number of piperazine rings is 1. The zero-order valence-corrected chi connectivity index (χ0v) is 12.3. The van der Waals surface area contributed by atoms with Gasteiger partial charge in [-0.1, -0.05) is 0 Å². The van der Waals surface area contributed by atoms with E-state index < -0.39 is 0 Å². The third-order valence-corrected chi connectivity index (χ3v) is 4.38. The van der Waals surface area contributed by atoms with Gasteiger partial charge in [-0.15, -0.1) is 0 Å². The maximum atomic E-state index is 11.1. The summed E-state index contributed by atoms with van der Waals surface area (Å²) in [4.78, 5) is 15.9. The van der Waals surface area contributed by atoms with Crippen LogP contribution in [0.25, 0.3) is 0 Å². The van der Waals surface area contributed by atoms with Crippen LogP contribution in [-0.4, -0.2) is 56.2 Å². The maximum absolute atomic E-state index is 11.1. The fraction of sp³-hybridized carbons (Fsp3) is 0.562. The third kappa shape index (κ3) is 3.54. The van der Waals surface area contributed by atoms with Crippen LogP contribution >= 0.6 is 0 Å². The van der Waals surface area contributed by atoms with E-state index in [2.05, 4.69) is 9.80 Å². The summed E-state index contributed by atoms with van der Waals surface area (Å²) in [5.41, 5.74) is 7.00. The first-order valence-electron chi connectivity index (χ1n) is 7.71. The summed E-state index contributed by atoms with van der Waals surface area (Å²) >= 11 is 0. The highest BCUT2D eigenvalue weighted by atomic mass is 16.5. The Balaban J connectivity index is 1.51. The summed E-state index contributed by atoms with van der Waals surface area (Å²) in [6, 6.07) is 7.57. The third-order valence-electron chi connectivity index (χ3n) is 4.38. The van der Waals surface area contributed by atoms with Crippen LogP contribution in [0, 0.1) is 0 Å². The van der Waals surface area contributed by atoms with E-state index in [-0.39, 0.29) is 5.91 Å². The standard InChI is InChI=1S/C16H23N3O2/c17-16(20)13-3-5-14(6-4-13)19-9-7-18(8-10-19)12-15-2-1-11-21-15/h3-6,15H,1-2,7-12H2,(H2,17,20)/t15-/m0/s1. The van der Waals surface area contributed by atoms with Crippen molar-refractivity contribution in [1.82, 2.24) is 4.90 Å². The lowest BCUT2D eigenvalue weighted by molar-refractivity contribution is 0.0713. The molecule has 3 rings (SSSR count). The number of nitrogens with zero attached hydrogens (tertiary/aromatic N) is 2. The molecule has 2 N–H and O–H groups in total. The number of benzene rings is 1. The van der Waals surface area contributed by atoms with Gasteiger partial charge in [-0.3, -0.25) is 9.69 Å². The molecule has 0 radical (unpaired) electrons. The Bertz CT molecular complexity index is 475. The molecule has 114 valence electrons. The van der Waals surface area contributed by atoms with Crippen molar-refractivity contribution in [2.75, 3.05) is 44.2 Å². The molecule has 1 aromatic rings. The van der Waals surface area contributed by atoms with Crippen molar-refractivity contribution >= 4 is 11.6 Å². The van der Waals surface area contributed by atoms with Gasteiger partial charge in [-0.2, -0.15) is 0 Å². The molecule has 21 heavy (non-hydrogen) atoms. The summed E-state index contributed by atoms with van der Waals surface area (Å²) in [7, 11) is 0. The average molecular weight is 289 g/mol. The number of carbonyl (C=O) groups excluding carboxylic acids is 1. The summed E-state index contributed by atoms with van der Waals surface area (Å²) in [6.07, 6.45) is 2.84. The maximum Gasteiger partial charge on any atom is 0.248 e. The van der Waals surface area contributed by atoms with Crippen LogP contribution in [0.3, 0.4) is 0 Å². The topological polar surface area (TPSA) is 58.8 Å². The Morgan fingerprint density at radius 1 is 1.19 bits per heavy atom. The van der Waals surface area contributed by atoms with Crippen LogP contribution < -0.4 is 10.6 Å². The van der Waals surface area contributed by atoms with Gasteiger partial charge in [0.05, 0.1) is 6.10 Å². The van der Waals surface area contributed by atoms with Crippen molar-refractivity contribution in [3.63, 3.8) is 0 Å². The van der Waals surface area contributed by atoms with Gasteiger partial charge in [0.1, 0.15) is 0 Å². The van der Waals surface area contributed by atoms with Crippen LogP contribution in [0.4, 0.5) is 5.69 Å². The number of primary amides is 1. The number of anilines is 1. The molecule has 0 bridgehead atoms. The molecular formula is C16H23N3O2. The minimum absolute atomic E-state index is 0.372. The van der Waals surface area contributed by atoms with Gasteiger partial charge in [-0.05, 0) is 37.1 Å². The van der Waals surface area contributed by atoms with E-state index in [0.29, 0.717) is 11.7 Å². The highest BCUT2D eigenvalue weighted by Crippen LogP contribution is 2.19. The molecule has 2 saturated heterocycles. The lowest BCUT2D eigenvalue weighted by Gasteiger charge is -2.37. The minimum Gasteiger partial charge on any atom is -0.377 e. The Morgan fingerprint density at radius 2 is 1.90 bits per heavy atom. The number of carbonyl (C=O) groups is 1.